The first-order valence-electron chi connectivity index (χ1n) is 4.66. The van der Waals surface area contributed by atoms with E-state index in [4.69, 9.17) is 10.5 Å². The van der Waals surface area contributed by atoms with Crippen molar-refractivity contribution in [1.82, 2.24) is 5.32 Å². The molecular weight excluding hydrogens is 168 g/mol. The predicted molar refractivity (Wildman–Crippen MR) is 50.3 cm³/mol. The molecule has 0 bridgehead atoms. The van der Waals surface area contributed by atoms with Gasteiger partial charge in [-0.1, -0.05) is 13.8 Å². The van der Waals surface area contributed by atoms with Crippen LogP contribution in [0.3, 0.4) is 0 Å². The monoisotopic (exact) mass is 186 g/mol. The van der Waals surface area contributed by atoms with Crippen molar-refractivity contribution in [3.05, 3.63) is 0 Å². The van der Waals surface area contributed by atoms with Gasteiger partial charge in [-0.25, -0.2) is 4.79 Å². The van der Waals surface area contributed by atoms with E-state index in [0.29, 0.717) is 0 Å². The zero-order valence-corrected chi connectivity index (χ0v) is 8.46. The summed E-state index contributed by atoms with van der Waals surface area (Å²) in [6.45, 7) is 6.86. The third-order valence-electron chi connectivity index (χ3n) is 2.86. The molecule has 0 saturated heterocycles. The van der Waals surface area contributed by atoms with Crippen LogP contribution in [0.2, 0.25) is 0 Å². The van der Waals surface area contributed by atoms with E-state index in [2.05, 4.69) is 19.2 Å². The summed E-state index contributed by atoms with van der Waals surface area (Å²) in [5, 5.41) is 2.72. The molecule has 1 rings (SSSR count). The number of primary amides is 1. The second kappa shape index (κ2) is 3.54. The fourth-order valence-corrected chi connectivity index (χ4v) is 1.79. The number of hydrogen-bond donors (Lipinski definition) is 2. The molecule has 1 aliphatic carbocycles. The summed E-state index contributed by atoms with van der Waals surface area (Å²) in [5.74, 6) is 0. The quantitative estimate of drug-likeness (QED) is 0.686. The molecule has 1 saturated carbocycles. The van der Waals surface area contributed by atoms with Crippen molar-refractivity contribution in [2.24, 2.45) is 11.1 Å². The lowest BCUT2D eigenvalue weighted by atomic mass is 9.64. The molecule has 1 fully saturated rings. The maximum absolute atomic E-state index is 10.6. The fraction of sp³-hybridized carbons (Fsp3) is 0.889. The summed E-state index contributed by atoms with van der Waals surface area (Å²) in [5.41, 5.74) is 5.06. The number of nitrogens with two attached hydrogens (primary N) is 1. The van der Waals surface area contributed by atoms with Crippen LogP contribution in [0.15, 0.2) is 0 Å². The molecule has 0 radical (unpaired) electrons. The first kappa shape index (κ1) is 10.3. The molecule has 76 valence electrons. The molecule has 4 heteroatoms. The predicted octanol–water partition coefficient (Wildman–Crippen LogP) is 0.858. The highest BCUT2D eigenvalue weighted by Crippen LogP contribution is 2.42. The van der Waals surface area contributed by atoms with Gasteiger partial charge in [-0.05, 0) is 13.3 Å². The largest absolute Gasteiger partial charge is 0.378 e. The molecule has 0 heterocycles. The van der Waals surface area contributed by atoms with Crippen molar-refractivity contribution >= 4 is 6.03 Å². The summed E-state index contributed by atoms with van der Waals surface area (Å²) in [7, 11) is 0. The molecular formula is C9H18N2O2. The molecule has 3 N–H and O–H groups in total. The Morgan fingerprint density at radius 3 is 2.69 bits per heavy atom. The number of carbonyl (C=O) groups is 1. The number of urea groups is 1. The van der Waals surface area contributed by atoms with Crippen LogP contribution in [0.1, 0.15) is 27.2 Å². The Kier molecular flexibility index (Phi) is 2.81. The molecule has 0 aliphatic heterocycles. The van der Waals surface area contributed by atoms with E-state index in [1.807, 2.05) is 6.92 Å². The Hall–Kier alpha value is -0.770. The van der Waals surface area contributed by atoms with E-state index in [1.54, 1.807) is 0 Å². The lowest BCUT2D eigenvalue weighted by Gasteiger charge is -2.51. The van der Waals surface area contributed by atoms with Gasteiger partial charge in [-0.3, -0.25) is 0 Å². The number of ether oxygens (including phenoxy) is 1. The highest BCUT2D eigenvalue weighted by Gasteiger charge is 2.49. The van der Waals surface area contributed by atoms with Gasteiger partial charge in [0.2, 0.25) is 0 Å². The van der Waals surface area contributed by atoms with Gasteiger partial charge in [-0.15, -0.1) is 0 Å². The lowest BCUT2D eigenvalue weighted by molar-refractivity contribution is -0.110. The second-order valence-electron chi connectivity index (χ2n) is 4.06. The van der Waals surface area contributed by atoms with Crippen LogP contribution in [0.4, 0.5) is 4.79 Å². The number of rotatable bonds is 3. The van der Waals surface area contributed by atoms with Gasteiger partial charge in [0.15, 0.2) is 0 Å². The highest BCUT2D eigenvalue weighted by molar-refractivity contribution is 5.72. The Bertz CT molecular complexity index is 204. The smallest absolute Gasteiger partial charge is 0.312 e. The van der Waals surface area contributed by atoms with Crippen LogP contribution in [0, 0.1) is 5.41 Å². The zero-order chi connectivity index (χ0) is 10.1. The second-order valence-corrected chi connectivity index (χ2v) is 4.06. The van der Waals surface area contributed by atoms with Crippen molar-refractivity contribution in [2.45, 2.75) is 39.3 Å². The molecule has 2 atom stereocenters. The van der Waals surface area contributed by atoms with Gasteiger partial charge in [0, 0.05) is 18.1 Å². The summed E-state index contributed by atoms with van der Waals surface area (Å²) in [4.78, 5) is 10.6. The molecule has 4 nitrogen and oxygen atoms in total. The number of hydrogen-bond acceptors (Lipinski definition) is 2. The first-order valence-corrected chi connectivity index (χ1v) is 4.66. The van der Waals surface area contributed by atoms with Gasteiger partial charge in [-0.2, -0.15) is 0 Å². The normalized spacial score (nSPS) is 30.7. The number of carbonyl (C=O) groups excluding carboxylic acids is 1. The van der Waals surface area contributed by atoms with E-state index in [9.17, 15) is 4.79 Å². The SMILES string of the molecule is CCOC1CC(NC(N)=O)C1(C)C. The Labute approximate surface area is 78.8 Å². The Balaban J connectivity index is 2.44. The first-order chi connectivity index (χ1) is 5.98. The molecule has 2 amide bonds. The van der Waals surface area contributed by atoms with Crippen LogP contribution in [0.25, 0.3) is 0 Å². The van der Waals surface area contributed by atoms with E-state index in [1.165, 1.54) is 0 Å². The van der Waals surface area contributed by atoms with Crippen molar-refractivity contribution in [2.75, 3.05) is 6.61 Å². The van der Waals surface area contributed by atoms with E-state index in [0.717, 1.165) is 13.0 Å². The van der Waals surface area contributed by atoms with Crippen LogP contribution in [0.5, 0.6) is 0 Å². The maximum atomic E-state index is 10.6. The zero-order valence-electron chi connectivity index (χ0n) is 8.46. The summed E-state index contributed by atoms with van der Waals surface area (Å²) < 4.78 is 5.51. The van der Waals surface area contributed by atoms with Crippen LogP contribution >= 0.6 is 0 Å². The van der Waals surface area contributed by atoms with Gasteiger partial charge in [0.25, 0.3) is 0 Å². The summed E-state index contributed by atoms with van der Waals surface area (Å²) >= 11 is 0. The summed E-state index contributed by atoms with van der Waals surface area (Å²) in [6, 6.07) is -0.297. The average molecular weight is 186 g/mol. The standard InChI is InChI=1S/C9H18N2O2/c1-4-13-7-5-6(9(7,2)3)11-8(10)12/h6-7H,4-5H2,1-3H3,(H3,10,11,12). The molecule has 1 aliphatic rings. The van der Waals surface area contributed by atoms with Crippen molar-refractivity contribution in [3.8, 4) is 0 Å². The maximum Gasteiger partial charge on any atom is 0.312 e. The Morgan fingerprint density at radius 1 is 1.69 bits per heavy atom. The van der Waals surface area contributed by atoms with E-state index >= 15 is 0 Å². The molecule has 13 heavy (non-hydrogen) atoms. The highest BCUT2D eigenvalue weighted by atomic mass is 16.5. The van der Waals surface area contributed by atoms with Crippen molar-refractivity contribution < 1.29 is 9.53 Å². The van der Waals surface area contributed by atoms with Crippen molar-refractivity contribution in [1.29, 1.82) is 0 Å². The van der Waals surface area contributed by atoms with Crippen molar-refractivity contribution in [3.63, 3.8) is 0 Å². The van der Waals surface area contributed by atoms with Crippen LogP contribution < -0.4 is 11.1 Å². The van der Waals surface area contributed by atoms with Crippen LogP contribution in [-0.4, -0.2) is 24.8 Å². The lowest BCUT2D eigenvalue weighted by Crippen LogP contribution is -2.62. The topological polar surface area (TPSA) is 64.3 Å². The number of amides is 2. The fourth-order valence-electron chi connectivity index (χ4n) is 1.79. The minimum atomic E-state index is -0.451. The van der Waals surface area contributed by atoms with Gasteiger partial charge >= 0.3 is 6.03 Å². The van der Waals surface area contributed by atoms with Gasteiger partial charge in [0.1, 0.15) is 0 Å². The van der Waals surface area contributed by atoms with E-state index < -0.39 is 6.03 Å². The minimum Gasteiger partial charge on any atom is -0.378 e. The summed E-state index contributed by atoms with van der Waals surface area (Å²) in [6.07, 6.45) is 1.11. The third kappa shape index (κ3) is 1.94. The molecule has 0 spiro atoms. The molecule has 0 aromatic heterocycles. The molecule has 2 unspecified atom stereocenters. The van der Waals surface area contributed by atoms with Gasteiger partial charge in [0.05, 0.1) is 6.10 Å². The average Bonchev–Trinajstić information content (AvgIpc) is 2.02. The molecule has 0 aromatic rings. The van der Waals surface area contributed by atoms with Crippen LogP contribution in [-0.2, 0) is 4.74 Å². The van der Waals surface area contributed by atoms with Gasteiger partial charge < -0.3 is 15.8 Å². The Morgan fingerprint density at radius 2 is 2.31 bits per heavy atom. The molecule has 0 aromatic carbocycles. The minimum absolute atomic E-state index is 0.00500. The number of nitrogens with one attached hydrogen (secondary N) is 1. The third-order valence-corrected chi connectivity index (χ3v) is 2.86. The van der Waals surface area contributed by atoms with E-state index in [-0.39, 0.29) is 17.6 Å².